The maximum atomic E-state index is 11.8. The molecule has 1 aliphatic heterocycles. The molecule has 1 amide bonds. The van der Waals surface area contributed by atoms with Gasteiger partial charge in [-0.05, 0) is 32.5 Å². The van der Waals surface area contributed by atoms with Gasteiger partial charge in [0.25, 0.3) is 0 Å². The zero-order chi connectivity index (χ0) is 15.5. The second-order valence-electron chi connectivity index (χ2n) is 5.58. The summed E-state index contributed by atoms with van der Waals surface area (Å²) in [5, 5.41) is 2.83. The molecule has 2 rings (SSSR count). The molecule has 1 aliphatic rings. The highest BCUT2D eigenvalue weighted by Gasteiger charge is 2.31. The Labute approximate surface area is 125 Å². The third-order valence-electron chi connectivity index (χ3n) is 3.71. The Kier molecular flexibility index (Phi) is 5.05. The molecule has 1 atom stereocenters. The molecule has 1 N–H and O–H groups in total. The second kappa shape index (κ2) is 6.62. The summed E-state index contributed by atoms with van der Waals surface area (Å²) in [6.45, 7) is 2.62. The van der Waals surface area contributed by atoms with Crippen LogP contribution in [0.5, 0.6) is 0 Å². The average molecular weight is 314 g/mol. The highest BCUT2D eigenvalue weighted by molar-refractivity contribution is 7.91. The van der Waals surface area contributed by atoms with E-state index in [1.165, 1.54) is 0 Å². The molecule has 1 aromatic heterocycles. The minimum Gasteiger partial charge on any atom is -0.466 e. The van der Waals surface area contributed by atoms with Gasteiger partial charge < -0.3 is 9.73 Å². The van der Waals surface area contributed by atoms with Crippen LogP contribution in [0.2, 0.25) is 0 Å². The quantitative estimate of drug-likeness (QED) is 0.820. The smallest absolute Gasteiger partial charge is 0.234 e. The van der Waals surface area contributed by atoms with E-state index >= 15 is 0 Å². The van der Waals surface area contributed by atoms with Crippen LogP contribution in [0.25, 0.3) is 0 Å². The monoisotopic (exact) mass is 314 g/mol. The fourth-order valence-corrected chi connectivity index (χ4v) is 4.28. The minimum atomic E-state index is -2.91. The summed E-state index contributed by atoms with van der Waals surface area (Å²) in [4.78, 5) is 13.7. The van der Waals surface area contributed by atoms with Gasteiger partial charge in [-0.25, -0.2) is 8.42 Å². The lowest BCUT2D eigenvalue weighted by molar-refractivity contribution is -0.122. The van der Waals surface area contributed by atoms with Crippen LogP contribution < -0.4 is 5.32 Å². The number of aryl methyl sites for hydroxylation is 1. The van der Waals surface area contributed by atoms with Gasteiger partial charge in [0.1, 0.15) is 11.5 Å². The maximum absolute atomic E-state index is 11.8. The molecule has 21 heavy (non-hydrogen) atoms. The van der Waals surface area contributed by atoms with E-state index in [1.807, 2.05) is 24.0 Å². The van der Waals surface area contributed by atoms with Gasteiger partial charge in [0.2, 0.25) is 5.91 Å². The third-order valence-corrected chi connectivity index (χ3v) is 5.46. The van der Waals surface area contributed by atoms with Crippen molar-refractivity contribution in [3.8, 4) is 0 Å². The van der Waals surface area contributed by atoms with Crippen LogP contribution in [0.15, 0.2) is 16.5 Å². The predicted molar refractivity (Wildman–Crippen MR) is 79.8 cm³/mol. The van der Waals surface area contributed by atoms with Crippen LogP contribution >= 0.6 is 0 Å². The van der Waals surface area contributed by atoms with Crippen LogP contribution in [-0.4, -0.2) is 56.9 Å². The fraction of sp³-hybridized carbons (Fsp3) is 0.643. The van der Waals surface area contributed by atoms with Crippen LogP contribution in [0.4, 0.5) is 0 Å². The van der Waals surface area contributed by atoms with E-state index in [-0.39, 0.29) is 30.0 Å². The van der Waals surface area contributed by atoms with E-state index in [9.17, 15) is 13.2 Å². The number of furan rings is 1. The summed E-state index contributed by atoms with van der Waals surface area (Å²) in [6.07, 6.45) is 1.26. The van der Waals surface area contributed by atoms with Crippen molar-refractivity contribution in [1.82, 2.24) is 10.2 Å². The molecule has 0 aliphatic carbocycles. The average Bonchev–Trinajstić information content (AvgIpc) is 2.95. The summed E-state index contributed by atoms with van der Waals surface area (Å²) in [7, 11) is -1.12. The predicted octanol–water partition coefficient (Wildman–Crippen LogP) is 0.366. The summed E-state index contributed by atoms with van der Waals surface area (Å²) >= 11 is 0. The maximum Gasteiger partial charge on any atom is 0.234 e. The van der Waals surface area contributed by atoms with E-state index in [0.717, 1.165) is 11.5 Å². The number of nitrogens with one attached hydrogen (secondary N) is 1. The summed E-state index contributed by atoms with van der Waals surface area (Å²) in [6, 6.07) is 3.75. The van der Waals surface area contributed by atoms with Crippen molar-refractivity contribution in [2.24, 2.45) is 0 Å². The fourth-order valence-electron chi connectivity index (χ4n) is 2.48. The van der Waals surface area contributed by atoms with E-state index in [0.29, 0.717) is 19.4 Å². The van der Waals surface area contributed by atoms with E-state index in [2.05, 4.69) is 5.32 Å². The van der Waals surface area contributed by atoms with Gasteiger partial charge in [0.15, 0.2) is 9.84 Å². The van der Waals surface area contributed by atoms with E-state index in [1.54, 1.807) is 7.05 Å². The number of likely N-dealkylation sites (N-methyl/N-ethyl adjacent to an activating group) is 1. The van der Waals surface area contributed by atoms with Crippen LogP contribution in [-0.2, 0) is 21.1 Å². The Hall–Kier alpha value is -1.34. The molecule has 0 radical (unpaired) electrons. The molecular formula is C14H22N2O4S. The van der Waals surface area contributed by atoms with Gasteiger partial charge in [-0.2, -0.15) is 0 Å². The molecule has 7 heteroatoms. The molecule has 1 fully saturated rings. The molecule has 1 saturated heterocycles. The Morgan fingerprint density at radius 2 is 2.24 bits per heavy atom. The molecule has 0 spiro atoms. The molecule has 1 aromatic rings. The third kappa shape index (κ3) is 4.86. The van der Waals surface area contributed by atoms with Gasteiger partial charge in [0.05, 0.1) is 18.1 Å². The number of hydrogen-bond acceptors (Lipinski definition) is 5. The second-order valence-corrected chi connectivity index (χ2v) is 7.81. The molecule has 0 aromatic carbocycles. The zero-order valence-electron chi connectivity index (χ0n) is 12.5. The number of sulfone groups is 1. The van der Waals surface area contributed by atoms with Crippen LogP contribution in [0.1, 0.15) is 17.9 Å². The van der Waals surface area contributed by atoms with Crippen molar-refractivity contribution in [2.75, 3.05) is 31.6 Å². The number of amides is 1. The summed E-state index contributed by atoms with van der Waals surface area (Å²) < 4.78 is 28.3. The molecule has 0 bridgehead atoms. The van der Waals surface area contributed by atoms with Crippen molar-refractivity contribution in [3.05, 3.63) is 23.7 Å². The normalized spacial score (nSPS) is 20.8. The van der Waals surface area contributed by atoms with Gasteiger partial charge in [-0.1, -0.05) is 0 Å². The Bertz CT molecular complexity index is 594. The minimum absolute atomic E-state index is 0.0477. The highest BCUT2D eigenvalue weighted by Crippen LogP contribution is 2.16. The first kappa shape index (κ1) is 16.0. The van der Waals surface area contributed by atoms with Gasteiger partial charge in [0, 0.05) is 19.0 Å². The number of nitrogens with zero attached hydrogens (tertiary/aromatic N) is 1. The largest absolute Gasteiger partial charge is 0.466 e. The number of hydrogen-bond donors (Lipinski definition) is 1. The van der Waals surface area contributed by atoms with E-state index < -0.39 is 9.84 Å². The zero-order valence-corrected chi connectivity index (χ0v) is 13.3. The molecule has 6 nitrogen and oxygen atoms in total. The first-order valence-corrected chi connectivity index (χ1v) is 8.90. The molecule has 0 saturated carbocycles. The van der Waals surface area contributed by atoms with Crippen molar-refractivity contribution < 1.29 is 17.6 Å². The Morgan fingerprint density at radius 1 is 1.48 bits per heavy atom. The summed E-state index contributed by atoms with van der Waals surface area (Å²) in [5.74, 6) is 2.00. The Morgan fingerprint density at radius 3 is 2.81 bits per heavy atom. The Balaban J connectivity index is 1.69. The first-order valence-electron chi connectivity index (χ1n) is 7.08. The first-order chi connectivity index (χ1) is 9.85. The number of carbonyl (C=O) groups excluding carboxylic acids is 1. The van der Waals surface area contributed by atoms with Crippen molar-refractivity contribution in [2.45, 2.75) is 25.8 Å². The lowest BCUT2D eigenvalue weighted by Gasteiger charge is -2.22. The molecule has 2 heterocycles. The number of carbonyl (C=O) groups is 1. The van der Waals surface area contributed by atoms with Crippen LogP contribution in [0.3, 0.4) is 0 Å². The number of rotatable bonds is 6. The summed E-state index contributed by atoms with van der Waals surface area (Å²) in [5.41, 5.74) is 0. The van der Waals surface area contributed by atoms with Crippen molar-refractivity contribution >= 4 is 15.7 Å². The van der Waals surface area contributed by atoms with Gasteiger partial charge >= 0.3 is 0 Å². The SMILES string of the molecule is Cc1ccc(CCNC(=O)CN(C)C2CCS(=O)(=O)C2)o1. The van der Waals surface area contributed by atoms with Crippen molar-refractivity contribution in [1.29, 1.82) is 0 Å². The van der Waals surface area contributed by atoms with Gasteiger partial charge in [-0.15, -0.1) is 0 Å². The molecular weight excluding hydrogens is 292 g/mol. The van der Waals surface area contributed by atoms with Gasteiger partial charge in [-0.3, -0.25) is 9.69 Å². The lowest BCUT2D eigenvalue weighted by atomic mass is 10.2. The topological polar surface area (TPSA) is 79.6 Å². The lowest BCUT2D eigenvalue weighted by Crippen LogP contribution is -2.41. The van der Waals surface area contributed by atoms with Crippen molar-refractivity contribution in [3.63, 3.8) is 0 Å². The molecule has 118 valence electrons. The highest BCUT2D eigenvalue weighted by atomic mass is 32.2. The van der Waals surface area contributed by atoms with Crippen LogP contribution in [0, 0.1) is 6.92 Å². The van der Waals surface area contributed by atoms with E-state index in [4.69, 9.17) is 4.42 Å². The standard InChI is InChI=1S/C14H22N2O4S/c1-11-3-4-13(20-11)5-7-15-14(17)9-16(2)12-6-8-21(18,19)10-12/h3-4,12H,5-10H2,1-2H3,(H,15,17). The molecule has 1 unspecified atom stereocenters.